The maximum atomic E-state index is 12.2. The van der Waals surface area contributed by atoms with Crippen molar-refractivity contribution >= 4 is 17.3 Å². The van der Waals surface area contributed by atoms with E-state index in [4.69, 9.17) is 4.74 Å². The Hall–Kier alpha value is -2.53. The van der Waals surface area contributed by atoms with Gasteiger partial charge < -0.3 is 19.9 Å². The van der Waals surface area contributed by atoms with Crippen LogP contribution in [0.25, 0.3) is 0 Å². The molecular weight excluding hydrogens is 338 g/mol. The molecule has 0 spiro atoms. The van der Waals surface area contributed by atoms with Crippen LogP contribution in [0.5, 0.6) is 0 Å². The number of rotatable bonds is 9. The standard InChI is InChI=1S/C22H31N3O2/c1-24(2)19-10-6-17(7-11-19)14-15-23-21(22(26)27-5)16-18-8-12-20(13-9-18)25(3)4/h6-13,21,23H,14-16H2,1-5H3/t21-/m1/s1. The molecule has 0 aliphatic carbocycles. The topological polar surface area (TPSA) is 44.8 Å². The molecule has 0 radical (unpaired) electrons. The third-order valence-corrected chi connectivity index (χ3v) is 4.64. The minimum absolute atomic E-state index is 0.227. The summed E-state index contributed by atoms with van der Waals surface area (Å²) in [5.41, 5.74) is 4.67. The lowest BCUT2D eigenvalue weighted by molar-refractivity contribution is -0.143. The van der Waals surface area contributed by atoms with Crippen LogP contribution < -0.4 is 15.1 Å². The Balaban J connectivity index is 1.93. The lowest BCUT2D eigenvalue weighted by Crippen LogP contribution is -2.40. The molecule has 0 saturated carbocycles. The van der Waals surface area contributed by atoms with E-state index in [-0.39, 0.29) is 12.0 Å². The second-order valence-corrected chi connectivity index (χ2v) is 7.11. The van der Waals surface area contributed by atoms with Gasteiger partial charge in [-0.2, -0.15) is 0 Å². The molecule has 0 bridgehead atoms. The zero-order chi connectivity index (χ0) is 19.8. The highest BCUT2D eigenvalue weighted by atomic mass is 16.5. The lowest BCUT2D eigenvalue weighted by Gasteiger charge is -2.18. The number of esters is 1. The number of ether oxygens (including phenoxy) is 1. The molecule has 5 heteroatoms. The van der Waals surface area contributed by atoms with Crippen molar-refractivity contribution in [3.05, 3.63) is 59.7 Å². The van der Waals surface area contributed by atoms with Crippen molar-refractivity contribution in [3.8, 4) is 0 Å². The van der Waals surface area contributed by atoms with E-state index in [1.807, 2.05) is 28.2 Å². The highest BCUT2D eigenvalue weighted by Crippen LogP contribution is 2.15. The van der Waals surface area contributed by atoms with E-state index in [2.05, 4.69) is 63.6 Å². The van der Waals surface area contributed by atoms with E-state index < -0.39 is 0 Å². The molecular formula is C22H31N3O2. The molecule has 5 nitrogen and oxygen atoms in total. The van der Waals surface area contributed by atoms with Crippen LogP contribution in [0.1, 0.15) is 11.1 Å². The summed E-state index contributed by atoms with van der Waals surface area (Å²) in [5, 5.41) is 3.35. The van der Waals surface area contributed by atoms with Gasteiger partial charge in [0.25, 0.3) is 0 Å². The molecule has 2 aromatic rings. The fourth-order valence-electron chi connectivity index (χ4n) is 2.90. The van der Waals surface area contributed by atoms with Crippen LogP contribution in [-0.2, 0) is 22.4 Å². The van der Waals surface area contributed by atoms with Gasteiger partial charge in [-0.3, -0.25) is 4.79 Å². The average Bonchev–Trinajstić information content (AvgIpc) is 2.67. The van der Waals surface area contributed by atoms with E-state index in [0.29, 0.717) is 6.42 Å². The van der Waals surface area contributed by atoms with Crippen LogP contribution in [0.2, 0.25) is 0 Å². The van der Waals surface area contributed by atoms with Crippen molar-refractivity contribution < 1.29 is 9.53 Å². The van der Waals surface area contributed by atoms with Crippen molar-refractivity contribution in [1.82, 2.24) is 5.32 Å². The Labute approximate surface area is 162 Å². The SMILES string of the molecule is COC(=O)[C@@H](Cc1ccc(N(C)C)cc1)NCCc1ccc(N(C)C)cc1. The Morgan fingerprint density at radius 2 is 1.37 bits per heavy atom. The summed E-state index contributed by atoms with van der Waals surface area (Å²) in [4.78, 5) is 16.3. The molecule has 2 rings (SSSR count). The van der Waals surface area contributed by atoms with Gasteiger partial charge in [-0.05, 0) is 54.8 Å². The molecule has 0 aromatic heterocycles. The van der Waals surface area contributed by atoms with Gasteiger partial charge in [0, 0.05) is 39.6 Å². The Morgan fingerprint density at radius 3 is 1.81 bits per heavy atom. The van der Waals surface area contributed by atoms with E-state index in [9.17, 15) is 4.79 Å². The van der Waals surface area contributed by atoms with Crippen LogP contribution in [0.15, 0.2) is 48.5 Å². The summed E-state index contributed by atoms with van der Waals surface area (Å²) >= 11 is 0. The number of hydrogen-bond acceptors (Lipinski definition) is 5. The van der Waals surface area contributed by atoms with Crippen molar-refractivity contribution in [2.75, 3.05) is 51.6 Å². The molecule has 146 valence electrons. The molecule has 0 heterocycles. The monoisotopic (exact) mass is 369 g/mol. The lowest BCUT2D eigenvalue weighted by atomic mass is 10.0. The normalized spacial score (nSPS) is 11.7. The van der Waals surface area contributed by atoms with Gasteiger partial charge >= 0.3 is 5.97 Å². The first-order chi connectivity index (χ1) is 12.9. The minimum Gasteiger partial charge on any atom is -0.468 e. The van der Waals surface area contributed by atoms with Gasteiger partial charge in [-0.25, -0.2) is 0 Å². The first-order valence-electron chi connectivity index (χ1n) is 9.24. The minimum atomic E-state index is -0.346. The number of benzene rings is 2. The van der Waals surface area contributed by atoms with E-state index in [1.165, 1.54) is 18.4 Å². The van der Waals surface area contributed by atoms with Crippen LogP contribution in [0, 0.1) is 0 Å². The fraction of sp³-hybridized carbons (Fsp3) is 0.409. The number of anilines is 2. The third-order valence-electron chi connectivity index (χ3n) is 4.64. The van der Waals surface area contributed by atoms with Crippen molar-refractivity contribution in [1.29, 1.82) is 0 Å². The van der Waals surface area contributed by atoms with E-state index in [0.717, 1.165) is 24.2 Å². The average molecular weight is 370 g/mol. The number of methoxy groups -OCH3 is 1. The quantitative estimate of drug-likeness (QED) is 0.689. The first-order valence-corrected chi connectivity index (χ1v) is 9.24. The van der Waals surface area contributed by atoms with Crippen LogP contribution >= 0.6 is 0 Å². The molecule has 27 heavy (non-hydrogen) atoms. The Morgan fingerprint density at radius 1 is 0.889 bits per heavy atom. The van der Waals surface area contributed by atoms with Gasteiger partial charge in [-0.15, -0.1) is 0 Å². The summed E-state index contributed by atoms with van der Waals surface area (Å²) in [7, 11) is 9.52. The fourth-order valence-corrected chi connectivity index (χ4v) is 2.90. The predicted octanol–water partition coefficient (Wildman–Crippen LogP) is 2.74. The zero-order valence-electron chi connectivity index (χ0n) is 17.0. The second kappa shape index (κ2) is 9.97. The first kappa shape index (κ1) is 20.8. The predicted molar refractivity (Wildman–Crippen MR) is 113 cm³/mol. The molecule has 0 amide bonds. The number of carbonyl (C=O) groups is 1. The summed E-state index contributed by atoms with van der Waals surface area (Å²) in [5.74, 6) is -0.227. The molecule has 1 N–H and O–H groups in total. The van der Waals surface area contributed by atoms with Crippen LogP contribution in [0.3, 0.4) is 0 Å². The maximum absolute atomic E-state index is 12.2. The maximum Gasteiger partial charge on any atom is 0.323 e. The number of carbonyl (C=O) groups excluding carboxylic acids is 1. The number of hydrogen-bond donors (Lipinski definition) is 1. The molecule has 0 saturated heterocycles. The third kappa shape index (κ3) is 6.29. The second-order valence-electron chi connectivity index (χ2n) is 7.11. The highest BCUT2D eigenvalue weighted by molar-refractivity contribution is 5.76. The van der Waals surface area contributed by atoms with E-state index in [1.54, 1.807) is 0 Å². The molecule has 0 aliphatic heterocycles. The van der Waals surface area contributed by atoms with Crippen LogP contribution in [-0.4, -0.2) is 53.9 Å². The van der Waals surface area contributed by atoms with E-state index >= 15 is 0 Å². The van der Waals surface area contributed by atoms with Crippen molar-refractivity contribution in [2.24, 2.45) is 0 Å². The summed E-state index contributed by atoms with van der Waals surface area (Å²) < 4.78 is 4.98. The zero-order valence-corrected chi connectivity index (χ0v) is 17.0. The number of nitrogens with one attached hydrogen (secondary N) is 1. The summed E-state index contributed by atoms with van der Waals surface area (Å²) in [6.07, 6.45) is 1.47. The molecule has 0 unspecified atom stereocenters. The van der Waals surface area contributed by atoms with Gasteiger partial charge in [0.2, 0.25) is 0 Å². The molecule has 1 atom stereocenters. The summed E-state index contributed by atoms with van der Waals surface area (Å²) in [6, 6.07) is 16.4. The molecule has 2 aromatic carbocycles. The Bertz CT molecular complexity index is 709. The van der Waals surface area contributed by atoms with Crippen LogP contribution in [0.4, 0.5) is 11.4 Å². The van der Waals surface area contributed by atoms with Gasteiger partial charge in [-0.1, -0.05) is 24.3 Å². The van der Waals surface area contributed by atoms with Crippen molar-refractivity contribution in [2.45, 2.75) is 18.9 Å². The van der Waals surface area contributed by atoms with Gasteiger partial charge in [0.15, 0.2) is 0 Å². The largest absolute Gasteiger partial charge is 0.468 e. The molecule has 0 fully saturated rings. The highest BCUT2D eigenvalue weighted by Gasteiger charge is 2.19. The van der Waals surface area contributed by atoms with Gasteiger partial charge in [0.05, 0.1) is 7.11 Å². The van der Waals surface area contributed by atoms with Crippen molar-refractivity contribution in [3.63, 3.8) is 0 Å². The Kier molecular flexibility index (Phi) is 7.67. The summed E-state index contributed by atoms with van der Waals surface area (Å²) in [6.45, 7) is 0.719. The van der Waals surface area contributed by atoms with Gasteiger partial charge in [0.1, 0.15) is 6.04 Å². The smallest absolute Gasteiger partial charge is 0.323 e. The number of nitrogens with zero attached hydrogens (tertiary/aromatic N) is 2. The molecule has 0 aliphatic rings.